The molecule has 0 fully saturated rings. The van der Waals surface area contributed by atoms with Crippen molar-refractivity contribution in [3.63, 3.8) is 0 Å². The van der Waals surface area contributed by atoms with Gasteiger partial charge in [-0.1, -0.05) is 23.9 Å². The topological polar surface area (TPSA) is 59.9 Å². The molecule has 0 radical (unpaired) electrons. The molecule has 0 amide bonds. The molecule has 0 aliphatic carbocycles. The lowest BCUT2D eigenvalue weighted by molar-refractivity contribution is 0.189. The van der Waals surface area contributed by atoms with Gasteiger partial charge in [0.25, 0.3) is 0 Å². The maximum Gasteiger partial charge on any atom is 0.343 e. The highest BCUT2D eigenvalue weighted by Gasteiger charge is 2.14. The standard InChI is InChI=1S/C14H18FN3O2S/c1-10(11-4-6-12(15)7-5-11)21-14-17-16-13(19)18(14)8-3-9-20-2/h4-7,10H,3,8-9H2,1-2H3,(H,16,19). The average molecular weight is 311 g/mol. The molecule has 0 bridgehead atoms. The van der Waals surface area contributed by atoms with Crippen LogP contribution < -0.4 is 5.69 Å². The number of hydrogen-bond acceptors (Lipinski definition) is 4. The second kappa shape index (κ2) is 7.42. The number of halogens is 1. The van der Waals surface area contributed by atoms with Crippen LogP contribution in [0.25, 0.3) is 0 Å². The van der Waals surface area contributed by atoms with Crippen molar-refractivity contribution >= 4 is 11.8 Å². The van der Waals surface area contributed by atoms with Gasteiger partial charge in [-0.15, -0.1) is 5.10 Å². The molecule has 1 atom stereocenters. The van der Waals surface area contributed by atoms with Gasteiger partial charge in [-0.25, -0.2) is 14.3 Å². The van der Waals surface area contributed by atoms with Crippen LogP contribution in [0.2, 0.25) is 0 Å². The molecule has 1 heterocycles. The Balaban J connectivity index is 2.08. The maximum absolute atomic E-state index is 12.9. The number of methoxy groups -OCH3 is 1. The van der Waals surface area contributed by atoms with Crippen molar-refractivity contribution in [3.8, 4) is 0 Å². The molecule has 7 heteroatoms. The van der Waals surface area contributed by atoms with Crippen LogP contribution in [-0.2, 0) is 11.3 Å². The number of thioether (sulfide) groups is 1. The second-order valence-electron chi connectivity index (χ2n) is 4.62. The van der Waals surface area contributed by atoms with E-state index in [1.54, 1.807) is 23.8 Å². The summed E-state index contributed by atoms with van der Waals surface area (Å²) in [5.41, 5.74) is 0.764. The Morgan fingerprint density at radius 1 is 1.43 bits per heavy atom. The Morgan fingerprint density at radius 3 is 2.81 bits per heavy atom. The summed E-state index contributed by atoms with van der Waals surface area (Å²) < 4.78 is 19.5. The summed E-state index contributed by atoms with van der Waals surface area (Å²) in [4.78, 5) is 11.7. The molecule has 0 saturated carbocycles. The molecule has 0 aliphatic rings. The van der Waals surface area contributed by atoms with Crippen LogP contribution in [0, 0.1) is 5.82 Å². The van der Waals surface area contributed by atoms with E-state index >= 15 is 0 Å². The minimum Gasteiger partial charge on any atom is -0.385 e. The average Bonchev–Trinajstić information content (AvgIpc) is 2.81. The van der Waals surface area contributed by atoms with Crippen molar-refractivity contribution in [2.45, 2.75) is 30.3 Å². The molecule has 1 N–H and O–H groups in total. The van der Waals surface area contributed by atoms with Crippen LogP contribution in [0.15, 0.2) is 34.2 Å². The summed E-state index contributed by atoms with van der Waals surface area (Å²) in [5.74, 6) is -0.257. The lowest BCUT2D eigenvalue weighted by Crippen LogP contribution is -2.18. The predicted octanol–water partition coefficient (Wildman–Crippen LogP) is 2.60. The number of nitrogens with zero attached hydrogens (tertiary/aromatic N) is 2. The molecule has 21 heavy (non-hydrogen) atoms. The van der Waals surface area contributed by atoms with Gasteiger partial charge in [0, 0.05) is 25.5 Å². The van der Waals surface area contributed by atoms with Gasteiger partial charge in [0.1, 0.15) is 5.82 Å². The number of aromatic amines is 1. The second-order valence-corrected chi connectivity index (χ2v) is 5.93. The Morgan fingerprint density at radius 2 is 2.14 bits per heavy atom. The van der Waals surface area contributed by atoms with Gasteiger partial charge in [0.05, 0.1) is 0 Å². The van der Waals surface area contributed by atoms with E-state index in [9.17, 15) is 9.18 Å². The fraction of sp³-hybridized carbons (Fsp3) is 0.429. The number of rotatable bonds is 7. The molecule has 1 aromatic carbocycles. The minimum atomic E-state index is -0.257. The highest BCUT2D eigenvalue weighted by Crippen LogP contribution is 2.32. The Bertz CT molecular complexity index is 624. The molecule has 0 spiro atoms. The molecule has 1 unspecified atom stereocenters. The van der Waals surface area contributed by atoms with E-state index in [4.69, 9.17) is 4.74 Å². The highest BCUT2D eigenvalue weighted by atomic mass is 32.2. The van der Waals surface area contributed by atoms with Crippen molar-refractivity contribution in [2.24, 2.45) is 0 Å². The molecular weight excluding hydrogens is 293 g/mol. The summed E-state index contributed by atoms with van der Waals surface area (Å²) in [7, 11) is 1.63. The van der Waals surface area contributed by atoms with E-state index in [1.165, 1.54) is 23.9 Å². The van der Waals surface area contributed by atoms with Crippen LogP contribution >= 0.6 is 11.8 Å². The first-order valence-electron chi connectivity index (χ1n) is 6.68. The van der Waals surface area contributed by atoms with E-state index in [-0.39, 0.29) is 16.8 Å². The SMILES string of the molecule is COCCCn1c(SC(C)c2ccc(F)cc2)n[nH]c1=O. The number of nitrogens with one attached hydrogen (secondary N) is 1. The monoisotopic (exact) mass is 311 g/mol. The normalized spacial score (nSPS) is 12.5. The quantitative estimate of drug-likeness (QED) is 0.631. The molecule has 5 nitrogen and oxygen atoms in total. The van der Waals surface area contributed by atoms with Gasteiger partial charge >= 0.3 is 5.69 Å². The van der Waals surface area contributed by atoms with Crippen molar-refractivity contribution in [1.82, 2.24) is 14.8 Å². The summed E-state index contributed by atoms with van der Waals surface area (Å²) in [6.07, 6.45) is 0.744. The largest absolute Gasteiger partial charge is 0.385 e. The fourth-order valence-corrected chi connectivity index (χ4v) is 2.93. The molecule has 0 saturated heterocycles. The van der Waals surface area contributed by atoms with Gasteiger partial charge in [0.15, 0.2) is 5.16 Å². The fourth-order valence-electron chi connectivity index (χ4n) is 1.92. The van der Waals surface area contributed by atoms with Crippen LogP contribution in [0.5, 0.6) is 0 Å². The third-order valence-corrected chi connectivity index (χ3v) is 4.22. The zero-order chi connectivity index (χ0) is 15.2. The van der Waals surface area contributed by atoms with E-state index in [0.29, 0.717) is 18.3 Å². The maximum atomic E-state index is 12.9. The first-order valence-corrected chi connectivity index (χ1v) is 7.56. The summed E-state index contributed by atoms with van der Waals surface area (Å²) in [6, 6.07) is 6.35. The predicted molar refractivity (Wildman–Crippen MR) is 80.0 cm³/mol. The van der Waals surface area contributed by atoms with E-state index < -0.39 is 0 Å². The number of hydrogen-bond donors (Lipinski definition) is 1. The Hall–Kier alpha value is -1.60. The smallest absolute Gasteiger partial charge is 0.343 e. The van der Waals surface area contributed by atoms with Gasteiger partial charge < -0.3 is 4.74 Å². The van der Waals surface area contributed by atoms with Crippen molar-refractivity contribution < 1.29 is 9.13 Å². The molecule has 2 rings (SSSR count). The lowest BCUT2D eigenvalue weighted by Gasteiger charge is -2.11. The number of benzene rings is 1. The zero-order valence-corrected chi connectivity index (χ0v) is 12.8. The Labute approximate surface area is 126 Å². The number of H-pyrrole nitrogens is 1. The van der Waals surface area contributed by atoms with E-state index in [1.807, 2.05) is 6.92 Å². The Kier molecular flexibility index (Phi) is 5.58. The van der Waals surface area contributed by atoms with Crippen LogP contribution in [0.3, 0.4) is 0 Å². The number of ether oxygens (including phenoxy) is 1. The van der Waals surface area contributed by atoms with Crippen molar-refractivity contribution in [3.05, 3.63) is 46.1 Å². The van der Waals surface area contributed by atoms with Crippen LogP contribution in [-0.4, -0.2) is 28.5 Å². The van der Waals surface area contributed by atoms with Gasteiger partial charge in [-0.2, -0.15) is 0 Å². The summed E-state index contributed by atoms with van der Waals surface area (Å²) in [5, 5.41) is 7.22. The highest BCUT2D eigenvalue weighted by molar-refractivity contribution is 7.99. The van der Waals surface area contributed by atoms with Gasteiger partial charge in [-0.3, -0.25) is 4.57 Å². The van der Waals surface area contributed by atoms with Gasteiger partial charge in [0.2, 0.25) is 0 Å². The summed E-state index contributed by atoms with van der Waals surface area (Å²) >= 11 is 1.47. The zero-order valence-electron chi connectivity index (χ0n) is 12.0. The molecule has 114 valence electrons. The van der Waals surface area contributed by atoms with Crippen LogP contribution in [0.4, 0.5) is 4.39 Å². The number of aromatic nitrogens is 3. The molecule has 1 aromatic heterocycles. The molecule has 0 aliphatic heterocycles. The van der Waals surface area contributed by atoms with E-state index in [2.05, 4.69) is 10.2 Å². The van der Waals surface area contributed by atoms with Crippen LogP contribution in [0.1, 0.15) is 24.2 Å². The first-order chi connectivity index (χ1) is 10.1. The third kappa shape index (κ3) is 4.18. The third-order valence-electron chi connectivity index (χ3n) is 3.08. The summed E-state index contributed by atoms with van der Waals surface area (Å²) in [6.45, 7) is 3.15. The van der Waals surface area contributed by atoms with Gasteiger partial charge in [-0.05, 0) is 31.0 Å². The first kappa shape index (κ1) is 15.8. The van der Waals surface area contributed by atoms with Crippen molar-refractivity contribution in [2.75, 3.05) is 13.7 Å². The minimum absolute atomic E-state index is 0.0713. The van der Waals surface area contributed by atoms with Crippen molar-refractivity contribution in [1.29, 1.82) is 0 Å². The lowest BCUT2D eigenvalue weighted by atomic mass is 10.2. The van der Waals surface area contributed by atoms with E-state index in [0.717, 1.165) is 12.0 Å². The molecule has 2 aromatic rings. The molecular formula is C14H18FN3O2S.